The number of alkyl halides is 1. The number of hydrogen-bond acceptors (Lipinski definition) is 1. The summed E-state index contributed by atoms with van der Waals surface area (Å²) in [6.45, 7) is 3.92. The molecule has 1 aliphatic carbocycles. The minimum absolute atomic E-state index is 0.173. The van der Waals surface area contributed by atoms with Gasteiger partial charge in [-0.15, -0.1) is 11.6 Å². The molecule has 2 rings (SSSR count). The van der Waals surface area contributed by atoms with Crippen molar-refractivity contribution in [2.75, 3.05) is 0 Å². The van der Waals surface area contributed by atoms with Crippen LogP contribution in [0.4, 0.5) is 10.1 Å². The van der Waals surface area contributed by atoms with Gasteiger partial charge in [0, 0.05) is 10.8 Å². The van der Waals surface area contributed by atoms with E-state index < -0.39 is 0 Å². The molecule has 16 heavy (non-hydrogen) atoms. The first-order valence-corrected chi connectivity index (χ1v) is 5.78. The van der Waals surface area contributed by atoms with E-state index in [1.54, 1.807) is 12.1 Å². The summed E-state index contributed by atoms with van der Waals surface area (Å²) in [7, 11) is 1.92. The highest BCUT2D eigenvalue weighted by Gasteiger charge is 2.49. The fourth-order valence-electron chi connectivity index (χ4n) is 1.90. The molecule has 2 atom stereocenters. The fourth-order valence-corrected chi connectivity index (χ4v) is 2.21. The number of aliphatic imine (C=N–C) groups is 1. The van der Waals surface area contributed by atoms with Gasteiger partial charge in [-0.1, -0.05) is 6.07 Å². The molecule has 1 fully saturated rings. The highest BCUT2D eigenvalue weighted by atomic mass is 35.5. The molecule has 84 valence electrons. The number of hydrogen-bond donors (Lipinski definition) is 0. The summed E-state index contributed by atoms with van der Waals surface area (Å²) in [5, 5.41) is 0. The maximum atomic E-state index is 13.5. The zero-order chi connectivity index (χ0) is 11.9. The second kappa shape index (κ2) is 3.88. The number of rotatable bonds is 2. The monoisotopic (exact) mass is 237 g/mol. The van der Waals surface area contributed by atoms with Crippen molar-refractivity contribution in [2.24, 2.45) is 10.9 Å². The second-order valence-corrected chi connectivity index (χ2v) is 5.61. The molecular formula is C12H14BClFN. The van der Waals surface area contributed by atoms with Gasteiger partial charge in [-0.2, -0.15) is 0 Å². The first-order chi connectivity index (χ1) is 7.40. The van der Waals surface area contributed by atoms with Gasteiger partial charge in [-0.3, -0.25) is 4.99 Å². The third-order valence-corrected chi connectivity index (χ3v) is 3.49. The smallest absolute Gasteiger partial charge is 0.158 e. The minimum Gasteiger partial charge on any atom is -0.265 e. The molecular weight excluding hydrogens is 223 g/mol. The quantitative estimate of drug-likeness (QED) is 0.426. The van der Waals surface area contributed by atoms with Crippen LogP contribution in [0, 0.1) is 18.7 Å². The molecule has 1 aromatic carbocycles. The molecule has 0 aromatic heterocycles. The second-order valence-electron chi connectivity index (χ2n) is 4.74. The lowest BCUT2D eigenvalue weighted by Crippen LogP contribution is -2.07. The molecule has 1 aliphatic rings. The standard InChI is InChI=1S/C12H14BClFN/c1-7-3-4-9(15)10(5-7)16-11(13)8-6-12(8,2)14/h3-5,8H,6,13H2,1-2H3/b16-11-. The van der Waals surface area contributed by atoms with Crippen molar-refractivity contribution >= 4 is 30.7 Å². The van der Waals surface area contributed by atoms with Crippen molar-refractivity contribution in [3.63, 3.8) is 0 Å². The number of nitrogens with zero attached hydrogens (tertiary/aromatic N) is 1. The molecule has 0 amide bonds. The van der Waals surface area contributed by atoms with Crippen molar-refractivity contribution in [3.05, 3.63) is 29.6 Å². The van der Waals surface area contributed by atoms with Crippen molar-refractivity contribution < 1.29 is 4.39 Å². The van der Waals surface area contributed by atoms with Gasteiger partial charge >= 0.3 is 0 Å². The number of halogens is 2. The normalized spacial score (nSPS) is 29.2. The fraction of sp³-hybridized carbons (Fsp3) is 0.417. The molecule has 4 heteroatoms. The third kappa shape index (κ3) is 2.29. The van der Waals surface area contributed by atoms with Crippen LogP contribution in [0.1, 0.15) is 18.9 Å². The van der Waals surface area contributed by atoms with Crippen LogP contribution < -0.4 is 0 Å². The average molecular weight is 238 g/mol. The molecule has 1 nitrogen and oxygen atoms in total. The Morgan fingerprint density at radius 1 is 1.62 bits per heavy atom. The molecule has 0 saturated heterocycles. The first kappa shape index (κ1) is 11.7. The zero-order valence-electron chi connectivity index (χ0n) is 9.72. The van der Waals surface area contributed by atoms with Gasteiger partial charge < -0.3 is 0 Å². The Balaban J connectivity index is 2.26. The van der Waals surface area contributed by atoms with Gasteiger partial charge in [0.2, 0.25) is 0 Å². The molecule has 0 N–H and O–H groups in total. The molecule has 2 unspecified atom stereocenters. The van der Waals surface area contributed by atoms with Gasteiger partial charge in [-0.05, 0) is 43.6 Å². The van der Waals surface area contributed by atoms with Gasteiger partial charge in [0.1, 0.15) is 5.82 Å². The Morgan fingerprint density at radius 3 is 2.81 bits per heavy atom. The van der Waals surface area contributed by atoms with Gasteiger partial charge in [-0.25, -0.2) is 4.39 Å². The van der Waals surface area contributed by atoms with Crippen LogP contribution in [0.25, 0.3) is 0 Å². The summed E-state index contributed by atoms with van der Waals surface area (Å²) in [6, 6.07) is 4.95. The van der Waals surface area contributed by atoms with Gasteiger partial charge in [0.25, 0.3) is 0 Å². The first-order valence-electron chi connectivity index (χ1n) is 5.40. The summed E-state index contributed by atoms with van der Waals surface area (Å²) < 4.78 is 13.5. The van der Waals surface area contributed by atoms with Crippen LogP contribution in [0.3, 0.4) is 0 Å². The Labute approximate surface area is 101 Å². The van der Waals surface area contributed by atoms with Crippen LogP contribution in [0.2, 0.25) is 0 Å². The van der Waals surface area contributed by atoms with E-state index in [4.69, 9.17) is 11.6 Å². The zero-order valence-corrected chi connectivity index (χ0v) is 10.5. The van der Waals surface area contributed by atoms with Crippen molar-refractivity contribution in [3.8, 4) is 0 Å². The lowest BCUT2D eigenvalue weighted by Gasteiger charge is -2.03. The molecule has 0 radical (unpaired) electrons. The Hall–Kier alpha value is -0.825. The molecule has 0 bridgehead atoms. The minimum atomic E-state index is -0.276. The predicted molar refractivity (Wildman–Crippen MR) is 69.1 cm³/mol. The van der Waals surface area contributed by atoms with E-state index in [-0.39, 0.29) is 16.6 Å². The summed E-state index contributed by atoms with van der Waals surface area (Å²) in [4.78, 5) is 4.16. The van der Waals surface area contributed by atoms with Crippen LogP contribution in [-0.4, -0.2) is 18.3 Å². The van der Waals surface area contributed by atoms with E-state index in [1.807, 2.05) is 21.7 Å². The molecule has 1 saturated carbocycles. The summed E-state index contributed by atoms with van der Waals surface area (Å²) in [5.74, 6) is 0.0101. The molecule has 0 spiro atoms. The Morgan fingerprint density at radius 2 is 2.25 bits per heavy atom. The topological polar surface area (TPSA) is 12.4 Å². The van der Waals surface area contributed by atoms with Gasteiger partial charge in [0.15, 0.2) is 7.85 Å². The van der Waals surface area contributed by atoms with Crippen molar-refractivity contribution in [2.45, 2.75) is 25.1 Å². The maximum Gasteiger partial charge on any atom is 0.158 e. The van der Waals surface area contributed by atoms with E-state index in [2.05, 4.69) is 4.99 Å². The van der Waals surface area contributed by atoms with Crippen LogP contribution >= 0.6 is 11.6 Å². The van der Waals surface area contributed by atoms with E-state index in [1.165, 1.54) is 6.07 Å². The predicted octanol–water partition coefficient (Wildman–Crippen LogP) is 2.81. The highest BCUT2D eigenvalue weighted by Crippen LogP contribution is 2.49. The van der Waals surface area contributed by atoms with E-state index in [0.717, 1.165) is 17.6 Å². The lowest BCUT2D eigenvalue weighted by atomic mass is 9.95. The van der Waals surface area contributed by atoms with Crippen LogP contribution in [-0.2, 0) is 0 Å². The average Bonchev–Trinajstić information content (AvgIpc) is 2.82. The SMILES string of the molecule is B/C(=N\c1cc(C)ccc1F)C1CC1(C)Cl. The Kier molecular flexibility index (Phi) is 2.83. The molecule has 0 heterocycles. The Bertz CT molecular complexity index is 456. The van der Waals surface area contributed by atoms with Crippen molar-refractivity contribution in [1.29, 1.82) is 0 Å². The summed E-state index contributed by atoms with van der Waals surface area (Å²) >= 11 is 6.16. The number of aryl methyl sites for hydroxylation is 1. The summed E-state index contributed by atoms with van der Waals surface area (Å²) in [5.41, 5.74) is 2.34. The van der Waals surface area contributed by atoms with Crippen LogP contribution in [0.15, 0.2) is 23.2 Å². The van der Waals surface area contributed by atoms with E-state index >= 15 is 0 Å². The van der Waals surface area contributed by atoms with Gasteiger partial charge in [0.05, 0.1) is 5.69 Å². The van der Waals surface area contributed by atoms with E-state index in [0.29, 0.717) is 5.69 Å². The van der Waals surface area contributed by atoms with Crippen molar-refractivity contribution in [1.82, 2.24) is 0 Å². The highest BCUT2D eigenvalue weighted by molar-refractivity contribution is 6.62. The number of benzene rings is 1. The summed E-state index contributed by atoms with van der Waals surface area (Å²) in [6.07, 6.45) is 0.928. The third-order valence-electron chi connectivity index (χ3n) is 3.07. The largest absolute Gasteiger partial charge is 0.265 e. The lowest BCUT2D eigenvalue weighted by molar-refractivity contribution is 0.629. The van der Waals surface area contributed by atoms with E-state index in [9.17, 15) is 4.39 Å². The molecule has 0 aliphatic heterocycles. The van der Waals surface area contributed by atoms with Crippen LogP contribution in [0.5, 0.6) is 0 Å². The molecule has 1 aromatic rings. The maximum absolute atomic E-state index is 13.5.